The highest BCUT2D eigenvalue weighted by Crippen LogP contribution is 2.31. The van der Waals surface area contributed by atoms with Crippen molar-refractivity contribution < 1.29 is 17.9 Å². The molecule has 0 spiro atoms. The van der Waals surface area contributed by atoms with Crippen LogP contribution in [-0.2, 0) is 14.8 Å². The summed E-state index contributed by atoms with van der Waals surface area (Å²) in [7, 11) is -3.70. The van der Waals surface area contributed by atoms with Gasteiger partial charge in [-0.2, -0.15) is 4.31 Å². The predicted molar refractivity (Wildman–Crippen MR) is 96.5 cm³/mol. The predicted octanol–water partition coefficient (Wildman–Crippen LogP) is 2.40. The SMILES string of the molecule is NC1CCCN(S(=O)(=O)c2cc(Cl)ccc2OCC2CCCCO2)C1. The summed E-state index contributed by atoms with van der Waals surface area (Å²) in [5.41, 5.74) is 5.94. The molecule has 0 aliphatic carbocycles. The van der Waals surface area contributed by atoms with Gasteiger partial charge < -0.3 is 15.2 Å². The molecule has 0 amide bonds. The molecule has 2 heterocycles. The topological polar surface area (TPSA) is 81.9 Å². The fraction of sp³-hybridized carbons (Fsp3) is 0.647. The molecule has 2 aliphatic rings. The van der Waals surface area contributed by atoms with Crippen molar-refractivity contribution in [3.05, 3.63) is 23.2 Å². The number of hydrogen-bond acceptors (Lipinski definition) is 5. The Morgan fingerprint density at radius 1 is 1.28 bits per heavy atom. The van der Waals surface area contributed by atoms with Gasteiger partial charge in [0.25, 0.3) is 0 Å². The van der Waals surface area contributed by atoms with Gasteiger partial charge >= 0.3 is 0 Å². The summed E-state index contributed by atoms with van der Waals surface area (Å²) in [4.78, 5) is 0.102. The minimum Gasteiger partial charge on any atom is -0.489 e. The standard InChI is InChI=1S/C17H25ClN2O4S/c18-13-6-7-16(24-12-15-5-1-2-9-23-15)17(10-13)25(21,22)20-8-3-4-14(19)11-20/h6-7,10,14-15H,1-5,8-9,11-12,19H2. The van der Waals surface area contributed by atoms with Crippen molar-refractivity contribution in [2.75, 3.05) is 26.3 Å². The lowest BCUT2D eigenvalue weighted by molar-refractivity contribution is -0.0116. The number of nitrogens with zero attached hydrogens (tertiary/aromatic N) is 1. The van der Waals surface area contributed by atoms with E-state index in [0.717, 1.165) is 38.7 Å². The smallest absolute Gasteiger partial charge is 0.246 e. The van der Waals surface area contributed by atoms with Gasteiger partial charge in [0, 0.05) is 30.8 Å². The van der Waals surface area contributed by atoms with E-state index in [1.54, 1.807) is 12.1 Å². The van der Waals surface area contributed by atoms with Crippen LogP contribution in [0, 0.1) is 0 Å². The normalized spacial score (nSPS) is 25.7. The maximum Gasteiger partial charge on any atom is 0.246 e. The molecule has 2 saturated heterocycles. The zero-order chi connectivity index (χ0) is 17.9. The molecule has 2 atom stereocenters. The fourth-order valence-electron chi connectivity index (χ4n) is 3.26. The van der Waals surface area contributed by atoms with Crippen LogP contribution in [-0.4, -0.2) is 51.2 Å². The Bertz CT molecular complexity index is 692. The Morgan fingerprint density at radius 2 is 2.12 bits per heavy atom. The second-order valence-corrected chi connectivity index (χ2v) is 9.00. The summed E-state index contributed by atoms with van der Waals surface area (Å²) in [6.07, 6.45) is 4.69. The Labute approximate surface area is 154 Å². The molecule has 2 unspecified atom stereocenters. The maximum atomic E-state index is 13.1. The van der Waals surface area contributed by atoms with Crippen LogP contribution in [0.1, 0.15) is 32.1 Å². The minimum atomic E-state index is -3.70. The second kappa shape index (κ2) is 8.22. The van der Waals surface area contributed by atoms with Crippen molar-refractivity contribution in [2.24, 2.45) is 5.73 Å². The lowest BCUT2D eigenvalue weighted by Crippen LogP contribution is -2.45. The van der Waals surface area contributed by atoms with E-state index < -0.39 is 10.0 Å². The summed E-state index contributed by atoms with van der Waals surface area (Å²) < 4.78 is 39.0. The minimum absolute atomic E-state index is 0.00314. The molecule has 6 nitrogen and oxygen atoms in total. The fourth-order valence-corrected chi connectivity index (χ4v) is 5.18. The molecule has 8 heteroatoms. The summed E-state index contributed by atoms with van der Waals surface area (Å²) in [5, 5.41) is 0.362. The second-order valence-electron chi connectivity index (χ2n) is 6.66. The highest BCUT2D eigenvalue weighted by molar-refractivity contribution is 7.89. The molecule has 0 radical (unpaired) electrons. The van der Waals surface area contributed by atoms with E-state index in [0.29, 0.717) is 30.5 Å². The summed E-state index contributed by atoms with van der Waals surface area (Å²) in [6.45, 7) is 1.85. The van der Waals surface area contributed by atoms with Crippen LogP contribution in [0.2, 0.25) is 5.02 Å². The molecule has 140 valence electrons. The van der Waals surface area contributed by atoms with Crippen LogP contribution in [0.25, 0.3) is 0 Å². The molecule has 1 aromatic rings. The van der Waals surface area contributed by atoms with E-state index in [2.05, 4.69) is 0 Å². The highest BCUT2D eigenvalue weighted by Gasteiger charge is 2.31. The van der Waals surface area contributed by atoms with E-state index >= 15 is 0 Å². The van der Waals surface area contributed by atoms with Gasteiger partial charge in [0.2, 0.25) is 10.0 Å². The molecule has 2 aliphatic heterocycles. The molecule has 0 aromatic heterocycles. The largest absolute Gasteiger partial charge is 0.489 e. The molecular formula is C17H25ClN2O4S. The van der Waals surface area contributed by atoms with Gasteiger partial charge in [0.1, 0.15) is 17.3 Å². The average Bonchev–Trinajstić information content (AvgIpc) is 2.61. The Balaban J connectivity index is 1.80. The van der Waals surface area contributed by atoms with Crippen molar-refractivity contribution in [1.82, 2.24) is 4.31 Å². The van der Waals surface area contributed by atoms with Crippen molar-refractivity contribution in [2.45, 2.75) is 49.1 Å². The zero-order valence-electron chi connectivity index (χ0n) is 14.2. The van der Waals surface area contributed by atoms with Crippen LogP contribution in [0.3, 0.4) is 0 Å². The third-order valence-corrected chi connectivity index (χ3v) is 6.76. The lowest BCUT2D eigenvalue weighted by Gasteiger charge is -2.30. The first-order valence-corrected chi connectivity index (χ1v) is 10.6. The first kappa shape index (κ1) is 18.9. The first-order chi connectivity index (χ1) is 12.0. The van der Waals surface area contributed by atoms with Crippen LogP contribution in [0.4, 0.5) is 0 Å². The van der Waals surface area contributed by atoms with Crippen molar-refractivity contribution in [3.8, 4) is 5.75 Å². The van der Waals surface area contributed by atoms with E-state index in [4.69, 9.17) is 26.8 Å². The van der Waals surface area contributed by atoms with E-state index in [1.807, 2.05) is 0 Å². The van der Waals surface area contributed by atoms with Crippen molar-refractivity contribution >= 4 is 21.6 Å². The first-order valence-electron chi connectivity index (χ1n) is 8.76. The molecule has 1 aromatic carbocycles. The molecule has 2 N–H and O–H groups in total. The van der Waals surface area contributed by atoms with Crippen molar-refractivity contribution in [1.29, 1.82) is 0 Å². The van der Waals surface area contributed by atoms with Gasteiger partial charge in [-0.05, 0) is 50.3 Å². The monoisotopic (exact) mass is 388 g/mol. The number of halogens is 1. The number of benzene rings is 1. The van der Waals surface area contributed by atoms with Gasteiger partial charge in [0.05, 0.1) is 6.10 Å². The van der Waals surface area contributed by atoms with Gasteiger partial charge in [-0.25, -0.2) is 8.42 Å². The molecule has 25 heavy (non-hydrogen) atoms. The van der Waals surface area contributed by atoms with Crippen LogP contribution < -0.4 is 10.5 Å². The number of nitrogens with two attached hydrogens (primary N) is 1. The Morgan fingerprint density at radius 3 is 2.84 bits per heavy atom. The van der Waals surface area contributed by atoms with Gasteiger partial charge in [0.15, 0.2) is 0 Å². The Kier molecular flexibility index (Phi) is 6.22. The van der Waals surface area contributed by atoms with E-state index in [9.17, 15) is 8.42 Å². The maximum absolute atomic E-state index is 13.1. The quantitative estimate of drug-likeness (QED) is 0.837. The molecular weight excluding hydrogens is 364 g/mol. The lowest BCUT2D eigenvalue weighted by atomic mass is 10.1. The number of piperidine rings is 1. The number of sulfonamides is 1. The summed E-state index contributed by atoms with van der Waals surface area (Å²) in [6, 6.07) is 4.57. The van der Waals surface area contributed by atoms with E-state index in [1.165, 1.54) is 10.4 Å². The molecule has 0 bridgehead atoms. The molecule has 0 saturated carbocycles. The van der Waals surface area contributed by atoms with Crippen LogP contribution in [0.5, 0.6) is 5.75 Å². The molecule has 2 fully saturated rings. The number of ether oxygens (including phenoxy) is 2. The highest BCUT2D eigenvalue weighted by atomic mass is 35.5. The molecule has 3 rings (SSSR count). The average molecular weight is 389 g/mol. The van der Waals surface area contributed by atoms with Crippen molar-refractivity contribution in [3.63, 3.8) is 0 Å². The summed E-state index contributed by atoms with van der Waals surface area (Å²) >= 11 is 6.05. The summed E-state index contributed by atoms with van der Waals surface area (Å²) in [5.74, 6) is 0.317. The van der Waals surface area contributed by atoms with Gasteiger partial charge in [-0.1, -0.05) is 11.6 Å². The number of rotatable bonds is 5. The third-order valence-electron chi connectivity index (χ3n) is 4.64. The zero-order valence-corrected chi connectivity index (χ0v) is 15.8. The third kappa shape index (κ3) is 4.65. The van der Waals surface area contributed by atoms with Gasteiger partial charge in [-0.3, -0.25) is 0 Å². The van der Waals surface area contributed by atoms with E-state index in [-0.39, 0.29) is 17.0 Å². The Hall–Kier alpha value is -0.860. The van der Waals surface area contributed by atoms with Crippen LogP contribution in [0.15, 0.2) is 23.1 Å². The van der Waals surface area contributed by atoms with Crippen LogP contribution >= 0.6 is 11.6 Å². The van der Waals surface area contributed by atoms with Gasteiger partial charge in [-0.15, -0.1) is 0 Å². The number of hydrogen-bond donors (Lipinski definition) is 1.